The Labute approximate surface area is 414 Å². The molecule has 1 N–H and O–H groups in total. The SMILES string of the molecule is [2H]C([2H])([2H])c1cc(-c2cc(C(C)(C)C)cc(C(C)(C)C)c2)ccc1-n1c(-c2cc(C)cc(C)c2O)nc2c(-c3cc(-c4ccccc4)cc(-c4cc(-c5ccc(C(C([2H])([2H])[2H])(C([2H])([2H])[2H])C([2H])([2H])[2H])cc5)ccn4)c3)cccc21. The standard InChI is InChI=1S/C63H63N3O/c1-39-29-41(3)59(67)54(30-39)60-65-58-53(19-16-20-57(58)66(60)56-26-23-44(31-40(56)2)47-35-51(62(7,8)9)38-52(36-47)63(10,11)12)48-32-46(42-17-14-13-15-18-42)33-49(34-48)55-37-45(27-28-64-55)43-21-24-50(25-22-43)61(4,5)6/h13-38,67H,1-12H3/i2D3,4D3,5D3,6D3. The van der Waals surface area contributed by atoms with Crippen LogP contribution in [0.1, 0.15) is 112 Å². The summed E-state index contributed by atoms with van der Waals surface area (Å²) in [6.07, 6.45) is 1.63. The first-order chi connectivity index (χ1) is 36.7. The summed E-state index contributed by atoms with van der Waals surface area (Å²) in [5, 5.41) is 11.9. The van der Waals surface area contributed by atoms with Crippen LogP contribution in [-0.4, -0.2) is 19.6 Å². The maximum Gasteiger partial charge on any atom is 0.149 e. The van der Waals surface area contributed by atoms with Crippen LogP contribution >= 0.6 is 0 Å². The summed E-state index contributed by atoms with van der Waals surface area (Å²) >= 11 is 0. The molecule has 0 unspecified atom stereocenters. The van der Waals surface area contributed by atoms with Crippen molar-refractivity contribution in [3.8, 4) is 78.6 Å². The molecule has 0 saturated heterocycles. The molecule has 0 aliphatic rings. The molecular formula is C63H63N3O. The molecule has 0 saturated carbocycles. The highest BCUT2D eigenvalue weighted by Crippen LogP contribution is 2.43. The number of para-hydroxylation sites is 1. The molecule has 336 valence electrons. The second-order valence-electron chi connectivity index (χ2n) is 19.9. The number of phenolic OH excluding ortho intramolecular Hbond substituents is 1. The fourth-order valence-corrected chi connectivity index (χ4v) is 8.87. The summed E-state index contributed by atoms with van der Waals surface area (Å²) in [5.41, 5.74) is 9.43. The van der Waals surface area contributed by atoms with Crippen LogP contribution in [0.3, 0.4) is 0 Å². The molecule has 7 aromatic carbocycles. The fraction of sp³-hybridized carbons (Fsp3) is 0.238. The molecule has 0 radical (unpaired) electrons. The fourth-order valence-electron chi connectivity index (χ4n) is 8.87. The Morgan fingerprint density at radius 2 is 1.13 bits per heavy atom. The topological polar surface area (TPSA) is 50.9 Å². The molecule has 9 aromatic rings. The number of hydrogen-bond acceptors (Lipinski definition) is 3. The maximum atomic E-state index is 11.9. The zero-order valence-electron chi connectivity index (χ0n) is 51.3. The van der Waals surface area contributed by atoms with Crippen molar-refractivity contribution in [2.45, 2.75) is 99.0 Å². The first-order valence-corrected chi connectivity index (χ1v) is 22.6. The predicted octanol–water partition coefficient (Wildman–Crippen LogP) is 16.9. The van der Waals surface area contributed by atoms with Crippen LogP contribution < -0.4 is 0 Å². The van der Waals surface area contributed by atoms with E-state index >= 15 is 0 Å². The Balaban J connectivity index is 1.25. The first-order valence-electron chi connectivity index (χ1n) is 28.6. The second kappa shape index (κ2) is 17.0. The lowest BCUT2D eigenvalue weighted by Crippen LogP contribution is -2.16. The molecule has 0 aliphatic heterocycles. The number of aryl methyl sites for hydroxylation is 3. The van der Waals surface area contributed by atoms with Gasteiger partial charge in [0.1, 0.15) is 11.6 Å². The van der Waals surface area contributed by atoms with E-state index in [0.29, 0.717) is 56.1 Å². The molecular weight excluding hydrogens is 815 g/mol. The number of pyridine rings is 1. The third-order valence-corrected chi connectivity index (χ3v) is 12.7. The second-order valence-corrected chi connectivity index (χ2v) is 19.9. The van der Waals surface area contributed by atoms with Crippen molar-refractivity contribution in [3.05, 3.63) is 191 Å². The van der Waals surface area contributed by atoms with Gasteiger partial charge < -0.3 is 5.11 Å². The summed E-state index contributed by atoms with van der Waals surface area (Å²) in [6.45, 7) is 4.01. The van der Waals surface area contributed by atoms with Crippen LogP contribution in [0.5, 0.6) is 5.75 Å². The summed E-state index contributed by atoms with van der Waals surface area (Å²) in [5.74, 6) is 0.369. The molecule has 0 amide bonds. The van der Waals surface area contributed by atoms with Crippen LogP contribution in [0.2, 0.25) is 0 Å². The maximum absolute atomic E-state index is 11.9. The van der Waals surface area contributed by atoms with Gasteiger partial charge in [-0.05, 0) is 164 Å². The normalized spacial score (nSPS) is 15.6. The summed E-state index contributed by atoms with van der Waals surface area (Å²) in [6, 6.07) is 46.8. The number of benzene rings is 7. The number of fused-ring (bicyclic) bond motifs is 1. The smallest absolute Gasteiger partial charge is 0.149 e. The minimum Gasteiger partial charge on any atom is -0.507 e. The Bertz CT molecular complexity index is 3710. The minimum atomic E-state index is -3.40. The van der Waals surface area contributed by atoms with Crippen LogP contribution in [0.4, 0.5) is 0 Å². The number of aromatic nitrogens is 3. The number of aromatic hydroxyl groups is 1. The average Bonchev–Trinajstić information content (AvgIpc) is 4.00. The van der Waals surface area contributed by atoms with Gasteiger partial charge in [-0.3, -0.25) is 9.55 Å². The highest BCUT2D eigenvalue weighted by Gasteiger charge is 2.25. The summed E-state index contributed by atoms with van der Waals surface area (Å²) < 4.78 is 103. The Morgan fingerprint density at radius 1 is 0.493 bits per heavy atom. The van der Waals surface area contributed by atoms with E-state index in [9.17, 15) is 5.11 Å². The van der Waals surface area contributed by atoms with E-state index in [1.54, 1.807) is 18.3 Å². The summed E-state index contributed by atoms with van der Waals surface area (Å²) in [7, 11) is 0. The Kier molecular flexibility index (Phi) is 8.27. The molecule has 0 fully saturated rings. The van der Waals surface area contributed by atoms with Crippen molar-refractivity contribution < 1.29 is 21.6 Å². The number of phenols is 1. The molecule has 2 heterocycles. The average molecular weight is 890 g/mol. The van der Waals surface area contributed by atoms with Gasteiger partial charge in [-0.25, -0.2) is 4.98 Å². The van der Waals surface area contributed by atoms with E-state index in [1.165, 1.54) is 24.3 Å². The van der Waals surface area contributed by atoms with Gasteiger partial charge in [-0.15, -0.1) is 0 Å². The van der Waals surface area contributed by atoms with Gasteiger partial charge in [0.15, 0.2) is 0 Å². The van der Waals surface area contributed by atoms with Crippen LogP contribution in [-0.2, 0) is 16.2 Å². The van der Waals surface area contributed by atoms with E-state index in [0.717, 1.165) is 50.1 Å². The van der Waals surface area contributed by atoms with E-state index in [-0.39, 0.29) is 27.7 Å². The van der Waals surface area contributed by atoms with E-state index in [1.807, 2.05) is 109 Å². The van der Waals surface area contributed by atoms with Crippen molar-refractivity contribution >= 4 is 11.0 Å². The molecule has 4 heteroatoms. The van der Waals surface area contributed by atoms with Crippen molar-refractivity contribution in [2.24, 2.45) is 0 Å². The van der Waals surface area contributed by atoms with Gasteiger partial charge in [0, 0.05) is 33.8 Å². The minimum absolute atomic E-state index is 0.0181. The predicted molar refractivity (Wildman–Crippen MR) is 283 cm³/mol. The highest BCUT2D eigenvalue weighted by atomic mass is 16.3. The molecule has 0 bridgehead atoms. The van der Waals surface area contributed by atoms with Gasteiger partial charge in [-0.1, -0.05) is 159 Å². The lowest BCUT2D eigenvalue weighted by atomic mass is 9.79. The van der Waals surface area contributed by atoms with Crippen molar-refractivity contribution in [2.75, 3.05) is 0 Å². The van der Waals surface area contributed by atoms with Crippen molar-refractivity contribution in [1.82, 2.24) is 14.5 Å². The zero-order chi connectivity index (χ0) is 57.6. The molecule has 4 nitrogen and oxygen atoms in total. The molecule has 0 atom stereocenters. The summed E-state index contributed by atoms with van der Waals surface area (Å²) in [4.78, 5) is 10.2. The van der Waals surface area contributed by atoms with Gasteiger partial charge >= 0.3 is 0 Å². The van der Waals surface area contributed by atoms with Crippen LogP contribution in [0.25, 0.3) is 83.9 Å². The molecule has 9 rings (SSSR count). The largest absolute Gasteiger partial charge is 0.507 e. The monoisotopic (exact) mass is 890 g/mol. The number of rotatable bonds is 7. The van der Waals surface area contributed by atoms with Gasteiger partial charge in [0.05, 0.1) is 28.0 Å². The van der Waals surface area contributed by atoms with Crippen molar-refractivity contribution in [1.29, 1.82) is 0 Å². The van der Waals surface area contributed by atoms with Crippen LogP contribution in [0, 0.1) is 20.7 Å². The first kappa shape index (κ1) is 32.6. The van der Waals surface area contributed by atoms with E-state index in [2.05, 4.69) is 65.8 Å². The van der Waals surface area contributed by atoms with Crippen LogP contribution in [0.15, 0.2) is 158 Å². The molecule has 0 aliphatic carbocycles. The molecule has 2 aromatic heterocycles. The quantitative estimate of drug-likeness (QED) is 0.173. The highest BCUT2D eigenvalue weighted by molar-refractivity contribution is 5.98. The van der Waals surface area contributed by atoms with E-state index < -0.39 is 32.8 Å². The lowest BCUT2D eigenvalue weighted by molar-refractivity contribution is 0.472. The van der Waals surface area contributed by atoms with E-state index in [4.69, 9.17) is 26.4 Å². The molecule has 67 heavy (non-hydrogen) atoms. The molecule has 0 spiro atoms. The van der Waals surface area contributed by atoms with Crippen molar-refractivity contribution in [3.63, 3.8) is 0 Å². The Hall–Kier alpha value is -7.04. The zero-order valence-corrected chi connectivity index (χ0v) is 39.3. The van der Waals surface area contributed by atoms with Gasteiger partial charge in [0.25, 0.3) is 0 Å². The Morgan fingerprint density at radius 3 is 1.82 bits per heavy atom. The lowest BCUT2D eigenvalue weighted by Gasteiger charge is -2.26. The number of hydrogen-bond donors (Lipinski definition) is 1. The third kappa shape index (κ3) is 8.98. The number of nitrogens with zero attached hydrogens (tertiary/aromatic N) is 3. The van der Waals surface area contributed by atoms with Gasteiger partial charge in [-0.2, -0.15) is 0 Å². The number of imidazole rings is 1. The van der Waals surface area contributed by atoms with Gasteiger partial charge in [0.2, 0.25) is 0 Å². The third-order valence-electron chi connectivity index (χ3n) is 12.7.